The van der Waals surface area contributed by atoms with Crippen LogP contribution in [0.15, 0.2) is 219 Å². The van der Waals surface area contributed by atoms with E-state index in [2.05, 4.69) is 151 Å². The summed E-state index contributed by atoms with van der Waals surface area (Å²) >= 11 is 0. The lowest BCUT2D eigenvalue weighted by molar-refractivity contribution is -0.135. The van der Waals surface area contributed by atoms with E-state index in [4.69, 9.17) is 14.2 Å². The van der Waals surface area contributed by atoms with E-state index in [0.29, 0.717) is 25.3 Å². The number of esters is 2. The Bertz CT molecular complexity index is 3420. The zero-order valence-corrected chi connectivity index (χ0v) is 55.5. The highest BCUT2D eigenvalue weighted by Gasteiger charge is 2.21. The molecule has 4 aromatic carbocycles. The molecule has 0 fully saturated rings. The highest BCUT2D eigenvalue weighted by molar-refractivity contribution is 5.96. The van der Waals surface area contributed by atoms with Gasteiger partial charge in [0.25, 0.3) is 0 Å². The lowest BCUT2D eigenvalue weighted by atomic mass is 10.0. The van der Waals surface area contributed by atoms with E-state index in [1.807, 2.05) is 24.3 Å². The monoisotopic (exact) mass is 1320 g/mol. The highest BCUT2D eigenvalue weighted by Crippen LogP contribution is 2.31. The third-order valence-electron chi connectivity index (χ3n) is 13.5. The van der Waals surface area contributed by atoms with Gasteiger partial charge in [0, 0.05) is 49.2 Å². The number of carbonyl (C=O) groups is 6. The van der Waals surface area contributed by atoms with E-state index in [1.54, 1.807) is 6.92 Å². The molecule has 0 spiro atoms. The fourth-order valence-electron chi connectivity index (χ4n) is 8.51. The summed E-state index contributed by atoms with van der Waals surface area (Å²) in [4.78, 5) is 73.1. The first kappa shape index (κ1) is 80.3. The lowest BCUT2D eigenvalue weighted by Gasteiger charge is -2.13. The van der Waals surface area contributed by atoms with Gasteiger partial charge in [-0.1, -0.05) is 185 Å². The van der Waals surface area contributed by atoms with Crippen LogP contribution >= 0.6 is 0 Å². The molecule has 17 heteroatoms. The van der Waals surface area contributed by atoms with Crippen LogP contribution in [0.4, 0.5) is 22.4 Å². The minimum Gasteiger partial charge on any atom is -0.478 e. The van der Waals surface area contributed by atoms with Crippen molar-refractivity contribution in [3.63, 3.8) is 0 Å². The molecule has 0 saturated carbocycles. The van der Waals surface area contributed by atoms with Gasteiger partial charge >= 0.3 is 24.0 Å². The summed E-state index contributed by atoms with van der Waals surface area (Å²) in [7, 11) is 0. The molecule has 4 rings (SSSR count). The first-order valence-corrected chi connectivity index (χ1v) is 32.8. The van der Waals surface area contributed by atoms with Crippen LogP contribution in [-0.4, -0.2) is 67.2 Å². The predicted molar refractivity (Wildman–Crippen MR) is 376 cm³/mol. The van der Waals surface area contributed by atoms with Gasteiger partial charge in [0.1, 0.15) is 52.4 Å². The van der Waals surface area contributed by atoms with E-state index >= 15 is 0 Å². The molecule has 0 aromatic heterocycles. The van der Waals surface area contributed by atoms with Crippen molar-refractivity contribution in [2.75, 3.05) is 26.2 Å². The van der Waals surface area contributed by atoms with Gasteiger partial charge in [-0.15, -0.1) is 0 Å². The highest BCUT2D eigenvalue weighted by atomic mass is 19.1. The van der Waals surface area contributed by atoms with Crippen molar-refractivity contribution in [3.05, 3.63) is 253 Å². The quantitative estimate of drug-likeness (QED) is 0.0109. The maximum Gasteiger partial charge on any atom is 0.412 e. The van der Waals surface area contributed by atoms with Gasteiger partial charge in [-0.25, -0.2) is 36.7 Å². The Hall–Kier alpha value is -9.90. The average molecular weight is 1320 g/mol. The van der Waals surface area contributed by atoms with Crippen molar-refractivity contribution in [1.29, 1.82) is 0 Å². The van der Waals surface area contributed by atoms with Crippen molar-refractivity contribution < 1.29 is 65.6 Å². The molecule has 0 radical (unpaired) electrons. The zero-order valence-electron chi connectivity index (χ0n) is 55.5. The molecule has 4 aromatic rings. The number of ether oxygens (including phenoxy) is 3. The van der Waals surface area contributed by atoms with Gasteiger partial charge in [-0.3, -0.25) is 9.59 Å². The largest absolute Gasteiger partial charge is 0.478 e. The lowest BCUT2D eigenvalue weighted by Crippen LogP contribution is -2.36. The number of hydrogen-bond acceptors (Lipinski definition) is 9. The summed E-state index contributed by atoms with van der Waals surface area (Å²) in [6.07, 6.45) is 65.6. The molecule has 13 nitrogen and oxygen atoms in total. The van der Waals surface area contributed by atoms with Crippen LogP contribution in [0.3, 0.4) is 0 Å². The second-order valence-corrected chi connectivity index (χ2v) is 21.3. The Morgan fingerprint density at radius 3 is 1.14 bits per heavy atom. The van der Waals surface area contributed by atoms with Crippen molar-refractivity contribution >= 4 is 35.8 Å². The maximum atomic E-state index is 14.3. The van der Waals surface area contributed by atoms with Gasteiger partial charge in [0.15, 0.2) is 0 Å². The fraction of sp³-hybridized carbons (Fsp3) is 0.316. The molecule has 0 unspecified atom stereocenters. The first-order valence-electron chi connectivity index (χ1n) is 32.8. The maximum absolute atomic E-state index is 14.3. The third kappa shape index (κ3) is 37.1. The molecular formula is C79H93F4N3O10. The van der Waals surface area contributed by atoms with E-state index in [-0.39, 0.29) is 82.8 Å². The van der Waals surface area contributed by atoms with Crippen molar-refractivity contribution in [2.24, 2.45) is 0 Å². The Kier molecular flexibility index (Phi) is 43.1. The van der Waals surface area contributed by atoms with E-state index in [9.17, 15) is 51.4 Å². The second kappa shape index (κ2) is 51.5. The molecule has 512 valence electrons. The van der Waals surface area contributed by atoms with E-state index in [1.165, 1.54) is 55.3 Å². The number of allylic oxidation sites excluding steroid dienone is 24. The standard InChI is InChI=1S/C41H50F2N2O5.C38H43F2NO5/c1-3-5-6-7-8-9-10-11-12-13-14-15-16-17-18-19-20-21-22-23-24-39(46)44-29-30-45-41(48)50-38-28-25-33(31-36(38)40(47)49-4-2)35-27-26-34(42)32-37(35)43;1-2-3-4-5-6-7-8-9-10-11-12-13-14-15-16-17-18-19-20-21-22-36(42)41-29-37(43)46-35-26-23-30(27-33(35)38(44)45)32-25-24-31(39)28-34(32)40/h6-7,9-10,12-13,15-16,18-19,21-22,25-28,31-32H,3-5,8,11,14,17,20,23-24,29-30H2,1-2H3,(H,44,46)(H,45,48);4-5,7-8,10-11,13-14,16-17,19-20,23-28H,2-3,6,9,12,15,18,21-22,29H2,1H3,(H,41,42)(H,44,45)/b7-6-,10-9-,13-12-,16-15-,19-18-,22-21-;5-4-,8-7-,11-10-,14-13-,17-16-,20-19-. The van der Waals surface area contributed by atoms with E-state index < -0.39 is 53.8 Å². The van der Waals surface area contributed by atoms with Gasteiger partial charge < -0.3 is 35.3 Å². The molecule has 0 aliphatic rings. The molecule has 0 heterocycles. The van der Waals surface area contributed by atoms with Crippen LogP contribution in [0.5, 0.6) is 11.5 Å². The van der Waals surface area contributed by atoms with Gasteiger partial charge in [0.2, 0.25) is 11.8 Å². The number of halogens is 4. The number of carbonyl (C=O) groups excluding carboxylic acids is 5. The molecule has 0 aliphatic carbocycles. The number of carboxylic acids is 1. The summed E-state index contributed by atoms with van der Waals surface area (Å²) in [6, 6.07) is 13.8. The zero-order chi connectivity index (χ0) is 69.6. The Labute approximate surface area is 564 Å². The van der Waals surface area contributed by atoms with Crippen LogP contribution in [0.2, 0.25) is 0 Å². The summed E-state index contributed by atoms with van der Waals surface area (Å²) in [5.41, 5.74) is 0.0404. The molecular weight excluding hydrogens is 1230 g/mol. The van der Waals surface area contributed by atoms with Crippen molar-refractivity contribution in [2.45, 2.75) is 136 Å². The number of aromatic carboxylic acids is 1. The molecule has 3 amide bonds. The number of unbranched alkanes of at least 4 members (excludes halogenated alkanes) is 2. The van der Waals surface area contributed by atoms with Crippen molar-refractivity contribution in [3.8, 4) is 33.8 Å². The Morgan fingerprint density at radius 1 is 0.406 bits per heavy atom. The normalized spacial score (nSPS) is 12.0. The number of nitrogens with one attached hydrogen (secondary N) is 3. The summed E-state index contributed by atoms with van der Waals surface area (Å²) in [6.45, 7) is 5.88. The summed E-state index contributed by atoms with van der Waals surface area (Å²) < 4.78 is 70.5. The topological polar surface area (TPSA) is 186 Å². The van der Waals surface area contributed by atoms with Gasteiger partial charge in [0.05, 0.1) is 6.61 Å². The van der Waals surface area contributed by atoms with Gasteiger partial charge in [-0.05, 0) is 156 Å². The SMILES string of the molecule is CCC/C=C\C/C=C\C/C=C\C/C=C\C/C=C\C/C=C\CCC(=O)NCC(=O)Oc1ccc(-c2ccc(F)cc2F)cc1C(=O)O.CCC/C=C\C/C=C\C/C=C\C/C=C\C/C=C\C/C=C\CCC(=O)NCCNC(=O)Oc1ccc(-c2ccc(F)cc2F)cc1C(=O)OCC. The van der Waals surface area contributed by atoms with Crippen LogP contribution in [0.25, 0.3) is 22.3 Å². The number of hydrogen-bond donors (Lipinski definition) is 4. The molecule has 96 heavy (non-hydrogen) atoms. The molecule has 0 atom stereocenters. The van der Waals surface area contributed by atoms with Crippen LogP contribution in [-0.2, 0) is 19.1 Å². The van der Waals surface area contributed by atoms with Crippen LogP contribution < -0.4 is 25.4 Å². The van der Waals surface area contributed by atoms with Crippen LogP contribution in [0.1, 0.15) is 157 Å². The first-order chi connectivity index (χ1) is 46.7. The predicted octanol–water partition coefficient (Wildman–Crippen LogP) is 19.1. The number of amides is 3. The summed E-state index contributed by atoms with van der Waals surface area (Å²) in [5.74, 6) is -7.05. The Balaban J connectivity index is 0.000000502. The smallest absolute Gasteiger partial charge is 0.412 e. The number of rotatable bonds is 42. The number of benzene rings is 4. The van der Waals surface area contributed by atoms with E-state index in [0.717, 1.165) is 101 Å². The molecule has 0 bridgehead atoms. The average Bonchev–Trinajstić information content (AvgIpc) is 0.866. The minimum absolute atomic E-state index is 0.00356. The second-order valence-electron chi connectivity index (χ2n) is 21.3. The molecule has 0 aliphatic heterocycles. The molecule has 4 N–H and O–H groups in total. The van der Waals surface area contributed by atoms with Gasteiger partial charge in [-0.2, -0.15) is 0 Å². The third-order valence-corrected chi connectivity index (χ3v) is 13.5. The van der Waals surface area contributed by atoms with Crippen molar-refractivity contribution in [1.82, 2.24) is 16.0 Å². The fourth-order valence-corrected chi connectivity index (χ4v) is 8.51. The minimum atomic E-state index is -1.40. The van der Waals surface area contributed by atoms with Crippen LogP contribution in [0, 0.1) is 23.3 Å². The number of carboxylic acid groups (broad SMARTS) is 1. The molecule has 0 saturated heterocycles. The Morgan fingerprint density at radius 2 is 0.760 bits per heavy atom. The summed E-state index contributed by atoms with van der Waals surface area (Å²) in [5, 5.41) is 17.2.